The molecule has 0 radical (unpaired) electrons. The summed E-state index contributed by atoms with van der Waals surface area (Å²) in [5.41, 5.74) is 1.94. The first-order chi connectivity index (χ1) is 11.0. The zero-order chi connectivity index (χ0) is 16.8. The highest BCUT2D eigenvalue weighted by Crippen LogP contribution is 2.21. The van der Waals surface area contributed by atoms with E-state index in [0.29, 0.717) is 30.6 Å². The van der Waals surface area contributed by atoms with Gasteiger partial charge in [0.25, 0.3) is 0 Å². The highest BCUT2D eigenvalue weighted by Gasteiger charge is 2.29. The van der Waals surface area contributed by atoms with Gasteiger partial charge in [-0.1, -0.05) is 39.3 Å². The van der Waals surface area contributed by atoms with Crippen LogP contribution in [-0.2, 0) is 16.0 Å². The van der Waals surface area contributed by atoms with Crippen LogP contribution in [0.2, 0.25) is 0 Å². The van der Waals surface area contributed by atoms with Crippen molar-refractivity contribution >= 4 is 17.5 Å². The molecular formula is C19H28N2O2. The van der Waals surface area contributed by atoms with Crippen molar-refractivity contribution in [3.8, 4) is 0 Å². The Bertz CT molecular complexity index is 529. The number of hydrogen-bond donors (Lipinski definition) is 1. The van der Waals surface area contributed by atoms with E-state index in [9.17, 15) is 9.59 Å². The van der Waals surface area contributed by atoms with Gasteiger partial charge in [0.15, 0.2) is 0 Å². The summed E-state index contributed by atoms with van der Waals surface area (Å²) in [6, 6.07) is 7.77. The van der Waals surface area contributed by atoms with Crippen molar-refractivity contribution in [2.45, 2.75) is 46.5 Å². The molecular weight excluding hydrogens is 288 g/mol. The van der Waals surface area contributed by atoms with Gasteiger partial charge >= 0.3 is 11.8 Å². The molecule has 23 heavy (non-hydrogen) atoms. The number of anilines is 1. The monoisotopic (exact) mass is 316 g/mol. The molecule has 0 saturated carbocycles. The molecule has 1 N–H and O–H groups in total. The van der Waals surface area contributed by atoms with Crippen molar-refractivity contribution in [2.24, 2.45) is 11.8 Å². The minimum absolute atomic E-state index is 0.418. The van der Waals surface area contributed by atoms with Crippen molar-refractivity contribution < 1.29 is 9.59 Å². The third-order valence-electron chi connectivity index (χ3n) is 4.38. The molecule has 1 heterocycles. The van der Waals surface area contributed by atoms with E-state index in [0.717, 1.165) is 19.3 Å². The second kappa shape index (κ2) is 8.14. The van der Waals surface area contributed by atoms with Crippen LogP contribution in [-0.4, -0.2) is 29.8 Å². The first kappa shape index (κ1) is 17.5. The van der Waals surface area contributed by atoms with Gasteiger partial charge in [0.1, 0.15) is 0 Å². The van der Waals surface area contributed by atoms with Crippen molar-refractivity contribution in [3.05, 3.63) is 29.8 Å². The Balaban J connectivity index is 1.91. The van der Waals surface area contributed by atoms with Gasteiger partial charge in [-0.3, -0.25) is 9.59 Å². The maximum absolute atomic E-state index is 12.3. The predicted molar refractivity (Wildman–Crippen MR) is 93.2 cm³/mol. The van der Waals surface area contributed by atoms with E-state index in [2.05, 4.69) is 26.1 Å². The molecule has 1 aromatic rings. The summed E-state index contributed by atoms with van der Waals surface area (Å²) in [7, 11) is 0. The number of amides is 2. The zero-order valence-electron chi connectivity index (χ0n) is 14.5. The molecule has 0 spiro atoms. The van der Waals surface area contributed by atoms with Crippen LogP contribution in [0.3, 0.4) is 0 Å². The number of hydrogen-bond acceptors (Lipinski definition) is 2. The van der Waals surface area contributed by atoms with E-state index in [4.69, 9.17) is 0 Å². The van der Waals surface area contributed by atoms with Gasteiger partial charge in [-0.2, -0.15) is 0 Å². The molecule has 2 unspecified atom stereocenters. The molecule has 1 aromatic carbocycles. The number of carbonyl (C=O) groups is 2. The summed E-state index contributed by atoms with van der Waals surface area (Å²) < 4.78 is 0. The number of aryl methyl sites for hydroxylation is 1. The fourth-order valence-corrected chi connectivity index (χ4v) is 3.29. The first-order valence-electron chi connectivity index (χ1n) is 8.68. The molecule has 2 rings (SSSR count). The maximum atomic E-state index is 12.3. The van der Waals surface area contributed by atoms with E-state index >= 15 is 0 Å². The molecule has 0 bridgehead atoms. The van der Waals surface area contributed by atoms with Crippen molar-refractivity contribution in [1.82, 2.24) is 4.90 Å². The number of rotatable bonds is 4. The molecule has 126 valence electrons. The van der Waals surface area contributed by atoms with Gasteiger partial charge in [0.05, 0.1) is 0 Å². The predicted octanol–water partition coefficient (Wildman–Crippen LogP) is 3.47. The standard InChI is InChI=1S/C19H28N2O2/c1-4-5-6-16-7-9-17(10-8-16)20-18(22)19(23)21-12-14(2)11-15(3)13-21/h7-10,14-15H,4-6,11-13H2,1-3H3,(H,20,22). The van der Waals surface area contributed by atoms with Gasteiger partial charge in [-0.25, -0.2) is 0 Å². The molecule has 1 fully saturated rings. The molecule has 1 aliphatic rings. The molecule has 4 nitrogen and oxygen atoms in total. The van der Waals surface area contributed by atoms with E-state index in [1.165, 1.54) is 12.0 Å². The average Bonchev–Trinajstić information content (AvgIpc) is 2.52. The number of carbonyl (C=O) groups excluding carboxylic acids is 2. The Labute approximate surface area is 139 Å². The molecule has 1 saturated heterocycles. The minimum Gasteiger partial charge on any atom is -0.334 e. The van der Waals surface area contributed by atoms with Crippen LogP contribution >= 0.6 is 0 Å². The lowest BCUT2D eigenvalue weighted by molar-refractivity contribution is -0.144. The SMILES string of the molecule is CCCCc1ccc(NC(=O)C(=O)N2CC(C)CC(C)C2)cc1. The van der Waals surface area contributed by atoms with E-state index in [-0.39, 0.29) is 0 Å². The van der Waals surface area contributed by atoms with Crippen LogP contribution in [0.5, 0.6) is 0 Å². The third kappa shape index (κ3) is 5.08. The van der Waals surface area contributed by atoms with Gasteiger partial charge in [0, 0.05) is 18.8 Å². The average molecular weight is 316 g/mol. The fourth-order valence-electron chi connectivity index (χ4n) is 3.29. The van der Waals surface area contributed by atoms with Gasteiger partial charge in [-0.15, -0.1) is 0 Å². The molecule has 0 aliphatic carbocycles. The summed E-state index contributed by atoms with van der Waals surface area (Å²) >= 11 is 0. The van der Waals surface area contributed by atoms with Crippen LogP contribution in [0.1, 0.15) is 45.6 Å². The molecule has 2 atom stereocenters. The summed E-state index contributed by atoms with van der Waals surface area (Å²) in [4.78, 5) is 26.2. The quantitative estimate of drug-likeness (QED) is 0.865. The summed E-state index contributed by atoms with van der Waals surface area (Å²) in [5.74, 6) is -0.0484. The molecule has 4 heteroatoms. The Morgan fingerprint density at radius 1 is 1.13 bits per heavy atom. The Hall–Kier alpha value is -1.84. The first-order valence-corrected chi connectivity index (χ1v) is 8.68. The second-order valence-corrected chi connectivity index (χ2v) is 6.91. The largest absolute Gasteiger partial charge is 0.334 e. The number of likely N-dealkylation sites (tertiary alicyclic amines) is 1. The van der Waals surface area contributed by atoms with Gasteiger partial charge < -0.3 is 10.2 Å². The number of unbranched alkanes of at least 4 members (excludes halogenated alkanes) is 1. The zero-order valence-corrected chi connectivity index (χ0v) is 14.5. The molecule has 2 amide bonds. The topological polar surface area (TPSA) is 49.4 Å². The van der Waals surface area contributed by atoms with Crippen LogP contribution in [0, 0.1) is 11.8 Å². The fraction of sp³-hybridized carbons (Fsp3) is 0.579. The third-order valence-corrected chi connectivity index (χ3v) is 4.38. The Morgan fingerprint density at radius 3 is 2.30 bits per heavy atom. The Morgan fingerprint density at radius 2 is 1.74 bits per heavy atom. The number of benzene rings is 1. The van der Waals surface area contributed by atoms with Gasteiger partial charge in [-0.05, 0) is 48.8 Å². The Kier molecular flexibility index (Phi) is 6.20. The van der Waals surface area contributed by atoms with Crippen molar-refractivity contribution in [3.63, 3.8) is 0 Å². The lowest BCUT2D eigenvalue weighted by atomic mass is 9.92. The highest BCUT2D eigenvalue weighted by molar-refractivity contribution is 6.39. The second-order valence-electron chi connectivity index (χ2n) is 6.91. The molecule has 0 aromatic heterocycles. The molecule has 1 aliphatic heterocycles. The smallest absolute Gasteiger partial charge is 0.313 e. The lowest BCUT2D eigenvalue weighted by Crippen LogP contribution is -2.47. The van der Waals surface area contributed by atoms with Gasteiger partial charge in [0.2, 0.25) is 0 Å². The normalized spacial score (nSPS) is 21.1. The number of piperidine rings is 1. The van der Waals surface area contributed by atoms with Crippen LogP contribution in [0.15, 0.2) is 24.3 Å². The number of nitrogens with zero attached hydrogens (tertiary/aromatic N) is 1. The van der Waals surface area contributed by atoms with Crippen LogP contribution < -0.4 is 5.32 Å². The van der Waals surface area contributed by atoms with Crippen LogP contribution in [0.25, 0.3) is 0 Å². The summed E-state index contributed by atoms with van der Waals surface area (Å²) in [5, 5.41) is 2.72. The van der Waals surface area contributed by atoms with E-state index < -0.39 is 11.8 Å². The highest BCUT2D eigenvalue weighted by atomic mass is 16.2. The minimum atomic E-state index is -0.535. The summed E-state index contributed by atoms with van der Waals surface area (Å²) in [6.45, 7) is 7.77. The number of nitrogens with one attached hydrogen (secondary N) is 1. The van der Waals surface area contributed by atoms with Crippen LogP contribution in [0.4, 0.5) is 5.69 Å². The maximum Gasteiger partial charge on any atom is 0.313 e. The van der Waals surface area contributed by atoms with E-state index in [1.807, 2.05) is 24.3 Å². The van der Waals surface area contributed by atoms with E-state index in [1.54, 1.807) is 4.90 Å². The van der Waals surface area contributed by atoms with Crippen molar-refractivity contribution in [1.29, 1.82) is 0 Å². The summed E-state index contributed by atoms with van der Waals surface area (Å²) in [6.07, 6.45) is 4.49. The van der Waals surface area contributed by atoms with Crippen molar-refractivity contribution in [2.75, 3.05) is 18.4 Å². The lowest BCUT2D eigenvalue weighted by Gasteiger charge is -2.34.